The van der Waals surface area contributed by atoms with Gasteiger partial charge in [0.15, 0.2) is 0 Å². The minimum absolute atomic E-state index is 0.262. The summed E-state index contributed by atoms with van der Waals surface area (Å²) in [6.07, 6.45) is 1.25. The van der Waals surface area contributed by atoms with Crippen LogP contribution in [0.15, 0.2) is 46.1 Å². The monoisotopic (exact) mass is 372 g/mol. The van der Waals surface area contributed by atoms with Crippen LogP contribution in [0, 0.1) is 3.57 Å². The Kier molecular flexibility index (Phi) is 4.15. The molecule has 1 aromatic heterocycles. The molecule has 1 N–H and O–H groups in total. The summed E-state index contributed by atoms with van der Waals surface area (Å²) in [5.41, 5.74) is -1.15. The van der Waals surface area contributed by atoms with Crippen LogP contribution in [-0.4, -0.2) is 15.5 Å². The second kappa shape index (κ2) is 5.83. The standard InChI is InChI=1S/C12H9IN2O4/c13-8-1-3-9(4-2-8)19-11(17)7-15-6-5-10(16)14-12(15)18/h1-6H,7H2,(H,14,16,18). The van der Waals surface area contributed by atoms with E-state index in [2.05, 4.69) is 27.6 Å². The number of hydrogen-bond donors (Lipinski definition) is 1. The average molecular weight is 372 g/mol. The van der Waals surface area contributed by atoms with Crippen molar-refractivity contribution in [3.63, 3.8) is 0 Å². The first-order valence-corrected chi connectivity index (χ1v) is 6.38. The van der Waals surface area contributed by atoms with Crippen molar-refractivity contribution in [2.24, 2.45) is 0 Å². The number of ether oxygens (including phenoxy) is 1. The fourth-order valence-corrected chi connectivity index (χ4v) is 1.73. The normalized spacial score (nSPS) is 10.2. The van der Waals surface area contributed by atoms with E-state index in [0.717, 1.165) is 8.14 Å². The summed E-state index contributed by atoms with van der Waals surface area (Å²) < 4.78 is 7.15. The molecule has 0 aliphatic carbocycles. The predicted molar refractivity (Wildman–Crippen MR) is 76.1 cm³/mol. The summed E-state index contributed by atoms with van der Waals surface area (Å²) in [5.74, 6) is -0.182. The molecule has 6 nitrogen and oxygen atoms in total. The Balaban J connectivity index is 2.07. The fourth-order valence-electron chi connectivity index (χ4n) is 1.37. The highest BCUT2D eigenvalue weighted by Crippen LogP contribution is 2.13. The molecule has 0 radical (unpaired) electrons. The van der Waals surface area contributed by atoms with Crippen LogP contribution in [0.3, 0.4) is 0 Å². The second-order valence-electron chi connectivity index (χ2n) is 3.67. The molecule has 98 valence electrons. The number of nitrogens with one attached hydrogen (secondary N) is 1. The van der Waals surface area contributed by atoms with Gasteiger partial charge in [-0.2, -0.15) is 0 Å². The number of rotatable bonds is 3. The first kappa shape index (κ1) is 13.5. The Hall–Kier alpha value is -1.90. The molecule has 0 amide bonds. The number of halogens is 1. The van der Waals surface area contributed by atoms with Gasteiger partial charge >= 0.3 is 11.7 Å². The van der Waals surface area contributed by atoms with Crippen molar-refractivity contribution >= 4 is 28.6 Å². The number of aromatic nitrogens is 2. The number of aromatic amines is 1. The molecule has 2 aromatic rings. The van der Waals surface area contributed by atoms with Gasteiger partial charge in [-0.15, -0.1) is 0 Å². The summed E-state index contributed by atoms with van der Waals surface area (Å²) in [4.78, 5) is 35.9. The quantitative estimate of drug-likeness (QED) is 0.490. The molecular weight excluding hydrogens is 363 g/mol. The van der Waals surface area contributed by atoms with Gasteiger partial charge in [0.1, 0.15) is 12.3 Å². The number of carbonyl (C=O) groups excluding carboxylic acids is 1. The molecule has 2 rings (SSSR count). The SMILES string of the molecule is O=C(Cn1ccc(=O)[nH]c1=O)Oc1ccc(I)cc1. The second-order valence-corrected chi connectivity index (χ2v) is 4.91. The third-order valence-corrected chi connectivity index (χ3v) is 2.96. The molecule has 19 heavy (non-hydrogen) atoms. The third-order valence-electron chi connectivity index (χ3n) is 2.24. The topological polar surface area (TPSA) is 81.2 Å². The Morgan fingerprint density at radius 3 is 2.53 bits per heavy atom. The highest BCUT2D eigenvalue weighted by atomic mass is 127. The zero-order chi connectivity index (χ0) is 13.8. The van der Waals surface area contributed by atoms with E-state index in [4.69, 9.17) is 4.74 Å². The van der Waals surface area contributed by atoms with Crippen LogP contribution in [-0.2, 0) is 11.3 Å². The number of carbonyl (C=O) groups is 1. The van der Waals surface area contributed by atoms with E-state index in [1.165, 1.54) is 12.3 Å². The molecule has 1 aromatic carbocycles. The van der Waals surface area contributed by atoms with Crippen LogP contribution >= 0.6 is 22.6 Å². The van der Waals surface area contributed by atoms with Crippen molar-refractivity contribution in [3.8, 4) is 5.75 Å². The van der Waals surface area contributed by atoms with Gasteiger partial charge in [-0.3, -0.25) is 14.3 Å². The lowest BCUT2D eigenvalue weighted by atomic mass is 10.3. The molecule has 0 saturated heterocycles. The van der Waals surface area contributed by atoms with Crippen LogP contribution in [0.25, 0.3) is 0 Å². The van der Waals surface area contributed by atoms with Crippen molar-refractivity contribution in [1.29, 1.82) is 0 Å². The van der Waals surface area contributed by atoms with E-state index in [1.54, 1.807) is 24.3 Å². The third kappa shape index (κ3) is 3.78. The molecular formula is C12H9IN2O4. The molecule has 0 unspecified atom stereocenters. The molecule has 0 aliphatic heterocycles. The summed E-state index contributed by atoms with van der Waals surface area (Å²) in [6.45, 7) is -0.262. The van der Waals surface area contributed by atoms with E-state index < -0.39 is 17.2 Å². The number of benzene rings is 1. The maximum atomic E-state index is 11.6. The Bertz CT molecular complexity index is 703. The highest BCUT2D eigenvalue weighted by Gasteiger charge is 2.07. The Labute approximate surface area is 121 Å². The lowest BCUT2D eigenvalue weighted by molar-refractivity contribution is -0.135. The van der Waals surface area contributed by atoms with Gasteiger partial charge in [0.05, 0.1) is 0 Å². The van der Waals surface area contributed by atoms with Crippen molar-refractivity contribution in [2.45, 2.75) is 6.54 Å². The summed E-state index contributed by atoms with van der Waals surface area (Å²) in [7, 11) is 0. The number of hydrogen-bond acceptors (Lipinski definition) is 4. The zero-order valence-corrected chi connectivity index (χ0v) is 11.8. The van der Waals surface area contributed by atoms with Crippen LogP contribution in [0.1, 0.15) is 0 Å². The van der Waals surface area contributed by atoms with Gasteiger partial charge in [0, 0.05) is 15.8 Å². The van der Waals surface area contributed by atoms with E-state index in [9.17, 15) is 14.4 Å². The van der Waals surface area contributed by atoms with E-state index >= 15 is 0 Å². The minimum Gasteiger partial charge on any atom is -0.425 e. The molecule has 0 saturated carbocycles. The lowest BCUT2D eigenvalue weighted by Crippen LogP contribution is -2.32. The van der Waals surface area contributed by atoms with Crippen molar-refractivity contribution < 1.29 is 9.53 Å². The molecule has 1 heterocycles. The van der Waals surface area contributed by atoms with E-state index in [-0.39, 0.29) is 6.54 Å². The van der Waals surface area contributed by atoms with Gasteiger partial charge in [-0.1, -0.05) is 0 Å². The lowest BCUT2D eigenvalue weighted by Gasteiger charge is -2.05. The first-order valence-electron chi connectivity index (χ1n) is 5.30. The molecule has 0 bridgehead atoms. The minimum atomic E-state index is -0.646. The van der Waals surface area contributed by atoms with Gasteiger partial charge in [-0.05, 0) is 46.9 Å². The average Bonchev–Trinajstić information content (AvgIpc) is 2.36. The molecule has 0 atom stereocenters. The van der Waals surface area contributed by atoms with Gasteiger partial charge in [-0.25, -0.2) is 9.59 Å². The molecule has 0 fully saturated rings. The van der Waals surface area contributed by atoms with E-state index in [0.29, 0.717) is 5.75 Å². The summed E-state index contributed by atoms with van der Waals surface area (Å²) in [5, 5.41) is 0. The molecule has 0 aliphatic rings. The molecule has 7 heteroatoms. The zero-order valence-electron chi connectivity index (χ0n) is 9.63. The van der Waals surface area contributed by atoms with Crippen LogP contribution < -0.4 is 16.0 Å². The van der Waals surface area contributed by atoms with Gasteiger partial charge in [0.25, 0.3) is 5.56 Å². The van der Waals surface area contributed by atoms with Crippen LogP contribution in [0.5, 0.6) is 5.75 Å². The summed E-state index contributed by atoms with van der Waals surface area (Å²) >= 11 is 2.14. The number of nitrogens with zero attached hydrogens (tertiary/aromatic N) is 1. The fraction of sp³-hybridized carbons (Fsp3) is 0.0833. The smallest absolute Gasteiger partial charge is 0.331 e. The first-order chi connectivity index (χ1) is 9.04. The molecule has 0 spiro atoms. The maximum Gasteiger partial charge on any atom is 0.331 e. The number of H-pyrrole nitrogens is 1. The van der Waals surface area contributed by atoms with Crippen LogP contribution in [0.4, 0.5) is 0 Å². The largest absolute Gasteiger partial charge is 0.425 e. The van der Waals surface area contributed by atoms with Crippen molar-refractivity contribution in [1.82, 2.24) is 9.55 Å². The van der Waals surface area contributed by atoms with Crippen LogP contribution in [0.2, 0.25) is 0 Å². The predicted octanol–water partition coefficient (Wildman–Crippen LogP) is 0.747. The van der Waals surface area contributed by atoms with Gasteiger partial charge < -0.3 is 4.74 Å². The van der Waals surface area contributed by atoms with E-state index in [1.807, 2.05) is 0 Å². The van der Waals surface area contributed by atoms with Crippen molar-refractivity contribution in [3.05, 3.63) is 60.9 Å². The Morgan fingerprint density at radius 2 is 1.89 bits per heavy atom. The summed E-state index contributed by atoms with van der Waals surface area (Å²) in [6, 6.07) is 8.09. The number of esters is 1. The maximum absolute atomic E-state index is 11.6. The highest BCUT2D eigenvalue weighted by molar-refractivity contribution is 14.1. The Morgan fingerprint density at radius 1 is 1.21 bits per heavy atom. The van der Waals surface area contributed by atoms with Gasteiger partial charge in [0.2, 0.25) is 0 Å². The van der Waals surface area contributed by atoms with Crippen molar-refractivity contribution in [2.75, 3.05) is 0 Å².